The zero-order valence-electron chi connectivity index (χ0n) is 13.3. The van der Waals surface area contributed by atoms with E-state index in [0.29, 0.717) is 11.3 Å². The van der Waals surface area contributed by atoms with Gasteiger partial charge in [0.05, 0.1) is 11.1 Å². The summed E-state index contributed by atoms with van der Waals surface area (Å²) in [5.74, 6) is -0.297. The van der Waals surface area contributed by atoms with Crippen molar-refractivity contribution >= 4 is 5.97 Å². The number of carbonyl (C=O) groups is 1. The number of rotatable bonds is 4. The van der Waals surface area contributed by atoms with Crippen LogP contribution >= 0.6 is 0 Å². The monoisotopic (exact) mass is 358 g/mol. The Balaban J connectivity index is 1.89. The van der Waals surface area contributed by atoms with E-state index in [4.69, 9.17) is 9.84 Å². The highest BCUT2D eigenvalue weighted by Crippen LogP contribution is 2.35. The highest BCUT2D eigenvalue weighted by atomic mass is 19.4. The van der Waals surface area contributed by atoms with Gasteiger partial charge in [0.15, 0.2) is 0 Å². The van der Waals surface area contributed by atoms with Crippen molar-refractivity contribution in [1.29, 1.82) is 0 Å². The van der Waals surface area contributed by atoms with Crippen molar-refractivity contribution in [3.8, 4) is 22.6 Å². The zero-order valence-corrected chi connectivity index (χ0v) is 13.3. The van der Waals surface area contributed by atoms with Crippen molar-refractivity contribution in [3.63, 3.8) is 0 Å². The van der Waals surface area contributed by atoms with Crippen molar-refractivity contribution in [2.45, 2.75) is 6.18 Å². The van der Waals surface area contributed by atoms with Gasteiger partial charge in [0.1, 0.15) is 11.5 Å². The molecule has 0 aromatic heterocycles. The van der Waals surface area contributed by atoms with Gasteiger partial charge in [0.25, 0.3) is 0 Å². The molecule has 0 amide bonds. The molecule has 0 fully saturated rings. The Kier molecular flexibility index (Phi) is 4.67. The maximum atomic E-state index is 12.6. The maximum absolute atomic E-state index is 12.6. The number of aromatic carboxylic acids is 1. The van der Waals surface area contributed by atoms with Crippen LogP contribution in [0.1, 0.15) is 15.9 Å². The molecule has 0 bridgehead atoms. The molecule has 0 saturated carbocycles. The van der Waals surface area contributed by atoms with E-state index in [0.717, 1.165) is 17.7 Å². The van der Waals surface area contributed by atoms with Crippen LogP contribution in [0.15, 0.2) is 72.8 Å². The summed E-state index contributed by atoms with van der Waals surface area (Å²) in [7, 11) is 0. The van der Waals surface area contributed by atoms with Gasteiger partial charge in [0.2, 0.25) is 0 Å². The molecule has 1 N–H and O–H groups in total. The molecule has 0 aliphatic rings. The summed E-state index contributed by atoms with van der Waals surface area (Å²) in [6.07, 6.45) is -4.40. The van der Waals surface area contributed by atoms with Gasteiger partial charge < -0.3 is 9.84 Å². The van der Waals surface area contributed by atoms with Crippen molar-refractivity contribution in [2.75, 3.05) is 0 Å². The van der Waals surface area contributed by atoms with Gasteiger partial charge in [-0.05, 0) is 48.0 Å². The summed E-state index contributed by atoms with van der Waals surface area (Å²) in [6.45, 7) is 0. The standard InChI is InChI=1S/C20H13F3O3/c21-20(22,23)15-9-11-16(12-10-15)26-18-4-2-1-3-17(18)13-5-7-14(8-6-13)19(24)25/h1-12H,(H,24,25). The van der Waals surface area contributed by atoms with Gasteiger partial charge in [-0.2, -0.15) is 13.2 Å². The maximum Gasteiger partial charge on any atom is 0.416 e. The van der Waals surface area contributed by atoms with Crippen molar-refractivity contribution in [3.05, 3.63) is 83.9 Å². The van der Waals surface area contributed by atoms with Gasteiger partial charge in [-0.15, -0.1) is 0 Å². The molecule has 3 aromatic rings. The summed E-state index contributed by atoms with van der Waals surface area (Å²) in [5.41, 5.74) is 0.846. The van der Waals surface area contributed by atoms with Gasteiger partial charge in [-0.3, -0.25) is 0 Å². The average Bonchev–Trinajstić information content (AvgIpc) is 2.62. The first-order valence-electron chi connectivity index (χ1n) is 7.62. The summed E-state index contributed by atoms with van der Waals surface area (Å²) < 4.78 is 43.6. The number of carboxylic acids is 1. The van der Waals surface area contributed by atoms with Crippen molar-refractivity contribution < 1.29 is 27.8 Å². The van der Waals surface area contributed by atoms with Crippen LogP contribution < -0.4 is 4.74 Å². The molecule has 0 radical (unpaired) electrons. The van der Waals surface area contributed by atoms with Crippen LogP contribution in [0, 0.1) is 0 Å². The summed E-state index contributed by atoms with van der Waals surface area (Å²) >= 11 is 0. The average molecular weight is 358 g/mol. The minimum atomic E-state index is -4.40. The summed E-state index contributed by atoms with van der Waals surface area (Å²) in [4.78, 5) is 11.0. The van der Waals surface area contributed by atoms with Crippen molar-refractivity contribution in [2.24, 2.45) is 0 Å². The number of benzene rings is 3. The van der Waals surface area contributed by atoms with Crippen LogP contribution in [0.3, 0.4) is 0 Å². The number of hydrogen-bond donors (Lipinski definition) is 1. The largest absolute Gasteiger partial charge is 0.478 e. The highest BCUT2D eigenvalue weighted by molar-refractivity contribution is 5.88. The number of halogens is 3. The van der Waals surface area contributed by atoms with E-state index in [1.807, 2.05) is 0 Å². The minimum absolute atomic E-state index is 0.162. The predicted octanol–water partition coefficient (Wildman–Crippen LogP) is 5.86. The molecule has 132 valence electrons. The van der Waals surface area contributed by atoms with E-state index < -0.39 is 17.7 Å². The van der Waals surface area contributed by atoms with E-state index in [9.17, 15) is 18.0 Å². The van der Waals surface area contributed by atoms with Crippen LogP contribution in [0.4, 0.5) is 13.2 Å². The zero-order chi connectivity index (χ0) is 18.7. The van der Waals surface area contributed by atoms with E-state index in [2.05, 4.69) is 0 Å². The number of ether oxygens (including phenoxy) is 1. The second-order valence-corrected chi connectivity index (χ2v) is 5.50. The normalized spacial score (nSPS) is 11.2. The number of carboxylic acid groups (broad SMARTS) is 1. The molecule has 0 spiro atoms. The van der Waals surface area contributed by atoms with Gasteiger partial charge in [-0.1, -0.05) is 30.3 Å². The lowest BCUT2D eigenvalue weighted by Gasteiger charge is -2.12. The SMILES string of the molecule is O=C(O)c1ccc(-c2ccccc2Oc2ccc(C(F)(F)F)cc2)cc1. The molecule has 3 nitrogen and oxygen atoms in total. The van der Waals surface area contributed by atoms with E-state index in [1.165, 1.54) is 24.3 Å². The quantitative estimate of drug-likeness (QED) is 0.635. The minimum Gasteiger partial charge on any atom is -0.478 e. The molecule has 6 heteroatoms. The summed E-state index contributed by atoms with van der Waals surface area (Å²) in [5, 5.41) is 8.97. The Bertz CT molecular complexity index is 914. The van der Waals surface area contributed by atoms with Gasteiger partial charge in [0, 0.05) is 5.56 Å². The molecule has 3 aromatic carbocycles. The number of para-hydroxylation sites is 1. The summed E-state index contributed by atoms with van der Waals surface area (Å²) in [6, 6.07) is 17.7. The highest BCUT2D eigenvalue weighted by Gasteiger charge is 2.30. The third kappa shape index (κ3) is 3.85. The van der Waals surface area contributed by atoms with E-state index in [1.54, 1.807) is 36.4 Å². The Morgan fingerprint density at radius 2 is 1.46 bits per heavy atom. The Hall–Kier alpha value is -3.28. The van der Waals surface area contributed by atoms with Crippen LogP contribution in [0.25, 0.3) is 11.1 Å². The van der Waals surface area contributed by atoms with Gasteiger partial charge in [-0.25, -0.2) is 4.79 Å². The fourth-order valence-corrected chi connectivity index (χ4v) is 2.43. The number of alkyl halides is 3. The first kappa shape index (κ1) is 17.5. The molecular formula is C20H13F3O3. The molecule has 0 atom stereocenters. The fraction of sp³-hybridized carbons (Fsp3) is 0.0500. The number of hydrogen-bond acceptors (Lipinski definition) is 2. The molecule has 26 heavy (non-hydrogen) atoms. The molecule has 0 saturated heterocycles. The van der Waals surface area contributed by atoms with Crippen LogP contribution in [-0.2, 0) is 6.18 Å². The Morgan fingerprint density at radius 3 is 2.04 bits per heavy atom. The third-order valence-corrected chi connectivity index (χ3v) is 3.74. The fourth-order valence-electron chi connectivity index (χ4n) is 2.43. The molecule has 0 aliphatic heterocycles. The van der Waals surface area contributed by atoms with E-state index >= 15 is 0 Å². The third-order valence-electron chi connectivity index (χ3n) is 3.74. The topological polar surface area (TPSA) is 46.5 Å². The molecule has 0 heterocycles. The van der Waals surface area contributed by atoms with E-state index in [-0.39, 0.29) is 11.3 Å². The Morgan fingerprint density at radius 1 is 0.846 bits per heavy atom. The lowest BCUT2D eigenvalue weighted by molar-refractivity contribution is -0.137. The van der Waals surface area contributed by atoms with Crippen LogP contribution in [0.2, 0.25) is 0 Å². The molecule has 0 unspecified atom stereocenters. The van der Waals surface area contributed by atoms with Crippen molar-refractivity contribution in [1.82, 2.24) is 0 Å². The lowest BCUT2D eigenvalue weighted by atomic mass is 10.0. The first-order valence-corrected chi connectivity index (χ1v) is 7.62. The second kappa shape index (κ2) is 6.92. The second-order valence-electron chi connectivity index (χ2n) is 5.50. The molecule has 3 rings (SSSR count). The lowest BCUT2D eigenvalue weighted by Crippen LogP contribution is -2.04. The first-order chi connectivity index (χ1) is 12.3. The smallest absolute Gasteiger partial charge is 0.416 e. The van der Waals surface area contributed by atoms with Gasteiger partial charge >= 0.3 is 12.1 Å². The van der Waals surface area contributed by atoms with Crippen LogP contribution in [-0.4, -0.2) is 11.1 Å². The van der Waals surface area contributed by atoms with Crippen LogP contribution in [0.5, 0.6) is 11.5 Å². The predicted molar refractivity (Wildman–Crippen MR) is 90.4 cm³/mol. The Labute approximate surface area is 147 Å². The molecular weight excluding hydrogens is 345 g/mol. The molecule has 0 aliphatic carbocycles.